The van der Waals surface area contributed by atoms with Crippen LogP contribution in [0.15, 0.2) is 24.3 Å². The Kier molecular flexibility index (Phi) is 5.72. The van der Waals surface area contributed by atoms with Crippen LogP contribution in [0.5, 0.6) is 5.75 Å². The van der Waals surface area contributed by atoms with Crippen molar-refractivity contribution in [2.75, 3.05) is 13.7 Å². The van der Waals surface area contributed by atoms with E-state index in [9.17, 15) is 4.39 Å². The highest BCUT2D eigenvalue weighted by molar-refractivity contribution is 5.85. The Labute approximate surface area is 108 Å². The van der Waals surface area contributed by atoms with Crippen molar-refractivity contribution in [2.24, 2.45) is 5.92 Å². The van der Waals surface area contributed by atoms with E-state index in [2.05, 4.69) is 5.32 Å². The Balaban J connectivity index is 0.00000144. The number of rotatable bonds is 4. The van der Waals surface area contributed by atoms with Gasteiger partial charge in [-0.25, -0.2) is 4.39 Å². The van der Waals surface area contributed by atoms with Gasteiger partial charge in [0.15, 0.2) is 0 Å². The molecule has 1 aliphatic rings. The lowest BCUT2D eigenvalue weighted by atomic mass is 10.1. The Hall–Kier alpha value is -0.800. The zero-order valence-corrected chi connectivity index (χ0v) is 10.8. The third-order valence-corrected chi connectivity index (χ3v) is 3.31. The summed E-state index contributed by atoms with van der Waals surface area (Å²) in [5.74, 6) is 1.11. The van der Waals surface area contributed by atoms with Crippen molar-refractivity contribution in [2.45, 2.75) is 25.3 Å². The maximum absolute atomic E-state index is 12.7. The van der Waals surface area contributed by atoms with Gasteiger partial charge in [-0.3, -0.25) is 0 Å². The van der Waals surface area contributed by atoms with Crippen LogP contribution in [-0.2, 0) is 0 Å². The second kappa shape index (κ2) is 6.82. The number of hydrogen-bond donors (Lipinski definition) is 1. The number of ether oxygens (including phenoxy) is 1. The summed E-state index contributed by atoms with van der Waals surface area (Å²) in [5.41, 5.74) is 0. The quantitative estimate of drug-likeness (QED) is 0.898. The van der Waals surface area contributed by atoms with Crippen LogP contribution in [0.1, 0.15) is 19.3 Å². The van der Waals surface area contributed by atoms with Crippen LogP contribution in [-0.4, -0.2) is 19.7 Å². The van der Waals surface area contributed by atoms with Crippen molar-refractivity contribution in [1.29, 1.82) is 0 Å². The molecule has 1 aromatic carbocycles. The third-order valence-electron chi connectivity index (χ3n) is 3.31. The Bertz CT molecular complexity index is 331. The molecule has 0 radical (unpaired) electrons. The molecular weight excluding hydrogens is 241 g/mol. The minimum Gasteiger partial charge on any atom is -0.493 e. The predicted molar refractivity (Wildman–Crippen MR) is 69.3 cm³/mol. The minimum absolute atomic E-state index is 0. The van der Waals surface area contributed by atoms with Crippen molar-refractivity contribution >= 4 is 12.4 Å². The molecule has 96 valence electrons. The average molecular weight is 260 g/mol. The molecule has 2 rings (SSSR count). The summed E-state index contributed by atoms with van der Waals surface area (Å²) in [4.78, 5) is 0. The molecule has 2 nitrogen and oxygen atoms in total. The summed E-state index contributed by atoms with van der Waals surface area (Å²) in [5, 5.41) is 3.32. The van der Waals surface area contributed by atoms with Crippen LogP contribution >= 0.6 is 12.4 Å². The van der Waals surface area contributed by atoms with Gasteiger partial charge in [-0.1, -0.05) is 6.42 Å². The normalized spacial score (nSPS) is 23.2. The Morgan fingerprint density at radius 1 is 1.29 bits per heavy atom. The average Bonchev–Trinajstić information content (AvgIpc) is 2.76. The van der Waals surface area contributed by atoms with Gasteiger partial charge in [-0.05, 0) is 44.2 Å². The fourth-order valence-corrected chi connectivity index (χ4v) is 2.35. The van der Waals surface area contributed by atoms with Crippen molar-refractivity contribution in [1.82, 2.24) is 5.32 Å². The summed E-state index contributed by atoms with van der Waals surface area (Å²) in [6.07, 6.45) is 3.71. The lowest BCUT2D eigenvalue weighted by molar-refractivity contribution is 0.229. The van der Waals surface area contributed by atoms with E-state index in [1.54, 1.807) is 12.1 Å². The molecule has 1 saturated carbocycles. The summed E-state index contributed by atoms with van der Waals surface area (Å²) in [7, 11) is 2.00. The minimum atomic E-state index is -0.221. The summed E-state index contributed by atoms with van der Waals surface area (Å²) >= 11 is 0. The standard InChI is InChI=1S/C13H18FNO.ClH/c1-15-13-4-2-3-10(13)9-16-12-7-5-11(14)6-8-12;/h5-8,10,13,15H,2-4,9H2,1H3;1H/t10-,13+;/m1./s1. The van der Waals surface area contributed by atoms with E-state index in [4.69, 9.17) is 4.74 Å². The summed E-state index contributed by atoms with van der Waals surface area (Å²) in [6.45, 7) is 0.719. The first-order valence-corrected chi connectivity index (χ1v) is 5.85. The lowest BCUT2D eigenvalue weighted by Crippen LogP contribution is -2.32. The highest BCUT2D eigenvalue weighted by atomic mass is 35.5. The largest absolute Gasteiger partial charge is 0.493 e. The van der Waals surface area contributed by atoms with Crippen LogP contribution in [0.2, 0.25) is 0 Å². The monoisotopic (exact) mass is 259 g/mol. The topological polar surface area (TPSA) is 21.3 Å². The van der Waals surface area contributed by atoms with E-state index in [0.717, 1.165) is 12.4 Å². The van der Waals surface area contributed by atoms with E-state index >= 15 is 0 Å². The molecule has 0 amide bonds. The number of nitrogens with one attached hydrogen (secondary N) is 1. The van der Waals surface area contributed by atoms with Crippen molar-refractivity contribution < 1.29 is 9.13 Å². The second-order valence-electron chi connectivity index (χ2n) is 4.35. The van der Waals surface area contributed by atoms with Gasteiger partial charge in [0.1, 0.15) is 11.6 Å². The summed E-state index contributed by atoms with van der Waals surface area (Å²) in [6, 6.07) is 6.79. The fourth-order valence-electron chi connectivity index (χ4n) is 2.35. The zero-order chi connectivity index (χ0) is 11.4. The zero-order valence-electron chi connectivity index (χ0n) is 9.99. The first-order chi connectivity index (χ1) is 7.79. The molecule has 0 heterocycles. The van der Waals surface area contributed by atoms with Gasteiger partial charge in [-0.2, -0.15) is 0 Å². The van der Waals surface area contributed by atoms with Crippen molar-refractivity contribution in [3.05, 3.63) is 30.1 Å². The molecule has 17 heavy (non-hydrogen) atoms. The molecule has 4 heteroatoms. The number of benzene rings is 1. The van der Waals surface area contributed by atoms with Crippen LogP contribution < -0.4 is 10.1 Å². The molecule has 0 aromatic heterocycles. The second-order valence-corrected chi connectivity index (χ2v) is 4.35. The van der Waals surface area contributed by atoms with E-state index < -0.39 is 0 Å². The highest BCUT2D eigenvalue weighted by Gasteiger charge is 2.26. The van der Waals surface area contributed by atoms with Gasteiger partial charge in [0, 0.05) is 12.0 Å². The van der Waals surface area contributed by atoms with E-state index in [1.807, 2.05) is 7.05 Å². The maximum Gasteiger partial charge on any atom is 0.123 e. The maximum atomic E-state index is 12.7. The van der Waals surface area contributed by atoms with Gasteiger partial charge in [0.25, 0.3) is 0 Å². The first kappa shape index (κ1) is 14.3. The molecule has 0 aliphatic heterocycles. The van der Waals surface area contributed by atoms with E-state index in [1.165, 1.54) is 31.4 Å². The van der Waals surface area contributed by atoms with Crippen molar-refractivity contribution in [3.8, 4) is 5.75 Å². The molecule has 2 atom stereocenters. The lowest BCUT2D eigenvalue weighted by Gasteiger charge is -2.19. The van der Waals surface area contributed by atoms with Crippen LogP contribution in [0, 0.1) is 11.7 Å². The van der Waals surface area contributed by atoms with E-state index in [-0.39, 0.29) is 18.2 Å². The molecule has 0 spiro atoms. The van der Waals surface area contributed by atoms with Gasteiger partial charge in [-0.15, -0.1) is 12.4 Å². The Morgan fingerprint density at radius 2 is 2.00 bits per heavy atom. The van der Waals surface area contributed by atoms with E-state index in [0.29, 0.717) is 12.0 Å². The molecular formula is C13H19ClFNO. The molecule has 1 aromatic rings. The molecule has 0 bridgehead atoms. The fraction of sp³-hybridized carbons (Fsp3) is 0.538. The predicted octanol–water partition coefficient (Wildman–Crippen LogP) is 3.01. The van der Waals surface area contributed by atoms with Gasteiger partial charge < -0.3 is 10.1 Å². The third kappa shape index (κ3) is 3.86. The van der Waals surface area contributed by atoms with Crippen LogP contribution in [0.25, 0.3) is 0 Å². The molecule has 0 unspecified atom stereocenters. The number of hydrogen-bond acceptors (Lipinski definition) is 2. The van der Waals surface area contributed by atoms with Crippen molar-refractivity contribution in [3.63, 3.8) is 0 Å². The van der Waals surface area contributed by atoms with Gasteiger partial charge in [0.2, 0.25) is 0 Å². The molecule has 1 fully saturated rings. The first-order valence-electron chi connectivity index (χ1n) is 5.85. The molecule has 0 saturated heterocycles. The summed E-state index contributed by atoms with van der Waals surface area (Å²) < 4.78 is 18.3. The van der Waals surface area contributed by atoms with Crippen LogP contribution in [0.3, 0.4) is 0 Å². The van der Waals surface area contributed by atoms with Gasteiger partial charge >= 0.3 is 0 Å². The molecule has 1 aliphatic carbocycles. The van der Waals surface area contributed by atoms with Gasteiger partial charge in [0.05, 0.1) is 6.61 Å². The SMILES string of the molecule is CN[C@H]1CCC[C@@H]1COc1ccc(F)cc1.Cl. The molecule has 1 N–H and O–H groups in total. The number of halogens is 2. The van der Waals surface area contributed by atoms with Crippen LogP contribution in [0.4, 0.5) is 4.39 Å². The highest BCUT2D eigenvalue weighted by Crippen LogP contribution is 2.26. The smallest absolute Gasteiger partial charge is 0.123 e. The Morgan fingerprint density at radius 3 is 2.65 bits per heavy atom.